The molecule has 2 saturated carbocycles. The molecule has 7 rings (SSSR count). The Bertz CT molecular complexity index is 1640. The third-order valence-corrected chi connectivity index (χ3v) is 8.13. The Balaban J connectivity index is 1.16. The Morgan fingerprint density at radius 1 is 1.05 bits per heavy atom. The number of ether oxygens (including phenoxy) is 1. The highest BCUT2D eigenvalue weighted by atomic mass is 16.5. The largest absolute Gasteiger partial charge is 0.490 e. The van der Waals surface area contributed by atoms with E-state index in [1.807, 2.05) is 24.0 Å². The van der Waals surface area contributed by atoms with Crippen LogP contribution in [0.15, 0.2) is 48.8 Å². The van der Waals surface area contributed by atoms with E-state index in [0.717, 1.165) is 73.4 Å². The number of nitrogens with two attached hydrogens (primary N) is 1. The summed E-state index contributed by atoms with van der Waals surface area (Å²) in [7, 11) is 0. The second-order valence-corrected chi connectivity index (χ2v) is 11.4. The predicted molar refractivity (Wildman–Crippen MR) is 155 cm³/mol. The van der Waals surface area contributed by atoms with Crippen molar-refractivity contribution in [2.45, 2.75) is 57.5 Å². The van der Waals surface area contributed by atoms with Crippen molar-refractivity contribution < 1.29 is 14.3 Å². The summed E-state index contributed by atoms with van der Waals surface area (Å²) in [4.78, 5) is 41.6. The Hall–Kier alpha value is -4.47. The monoisotopic (exact) mass is 551 g/mol. The topological polar surface area (TPSA) is 128 Å². The number of carbonyl (C=O) groups is 2. The van der Waals surface area contributed by atoms with Crippen LogP contribution in [0.25, 0.3) is 16.8 Å². The smallest absolute Gasteiger partial charge is 0.256 e. The summed E-state index contributed by atoms with van der Waals surface area (Å²) in [5, 5.41) is 2.86. The van der Waals surface area contributed by atoms with Crippen LogP contribution >= 0.6 is 0 Å². The van der Waals surface area contributed by atoms with Gasteiger partial charge in [0.05, 0.1) is 6.10 Å². The number of aryl methyl sites for hydroxylation is 1. The van der Waals surface area contributed by atoms with E-state index in [1.165, 1.54) is 0 Å². The zero-order chi connectivity index (χ0) is 28.1. The first-order valence-electron chi connectivity index (χ1n) is 14.4. The maximum absolute atomic E-state index is 13.0. The summed E-state index contributed by atoms with van der Waals surface area (Å²) in [6.07, 6.45) is 9.69. The first-order valence-corrected chi connectivity index (χ1v) is 14.4. The lowest BCUT2D eigenvalue weighted by Crippen LogP contribution is -2.40. The van der Waals surface area contributed by atoms with Gasteiger partial charge in [0, 0.05) is 60.2 Å². The van der Waals surface area contributed by atoms with E-state index in [4.69, 9.17) is 15.5 Å². The first-order chi connectivity index (χ1) is 19.9. The molecule has 3 fully saturated rings. The van der Waals surface area contributed by atoms with Crippen LogP contribution in [0, 0.1) is 12.8 Å². The molecule has 41 heavy (non-hydrogen) atoms. The Morgan fingerprint density at radius 3 is 2.61 bits per heavy atom. The summed E-state index contributed by atoms with van der Waals surface area (Å²) in [5.74, 6) is 2.76. The number of benzene rings is 1. The van der Waals surface area contributed by atoms with Gasteiger partial charge in [0.2, 0.25) is 5.91 Å². The van der Waals surface area contributed by atoms with Gasteiger partial charge >= 0.3 is 0 Å². The van der Waals surface area contributed by atoms with Crippen molar-refractivity contribution in [2.24, 2.45) is 5.92 Å². The fourth-order valence-electron chi connectivity index (χ4n) is 5.66. The lowest BCUT2D eigenvalue weighted by atomic mass is 9.96. The Kier molecular flexibility index (Phi) is 6.33. The third-order valence-electron chi connectivity index (χ3n) is 8.13. The fourth-order valence-corrected chi connectivity index (χ4v) is 5.66. The molecule has 3 aliphatic rings. The number of rotatable bonds is 7. The predicted octanol–water partition coefficient (Wildman–Crippen LogP) is 4.59. The van der Waals surface area contributed by atoms with Crippen LogP contribution in [0.5, 0.6) is 5.75 Å². The lowest BCUT2D eigenvalue weighted by Gasteiger charge is -2.32. The zero-order valence-electron chi connectivity index (χ0n) is 23.0. The fraction of sp³-hybridized carbons (Fsp3) is 0.387. The molecule has 0 unspecified atom stereocenters. The molecule has 0 bridgehead atoms. The van der Waals surface area contributed by atoms with Gasteiger partial charge in [-0.05, 0) is 63.6 Å². The Labute approximate surface area is 238 Å². The van der Waals surface area contributed by atoms with Crippen LogP contribution < -0.4 is 15.8 Å². The van der Waals surface area contributed by atoms with Crippen LogP contribution in [0.4, 0.5) is 11.6 Å². The number of anilines is 2. The molecule has 10 heteroatoms. The maximum atomic E-state index is 13.0. The molecule has 1 saturated heterocycles. The molecule has 0 spiro atoms. The molecule has 3 aromatic heterocycles. The maximum Gasteiger partial charge on any atom is 0.256 e. The molecule has 1 aliphatic heterocycles. The number of nitrogens with zero attached hydrogens (tertiary/aromatic N) is 5. The SMILES string of the molecule is Cc1cnc(N)c2c(-c3ccc(C(=O)Nc4cc(OC5CC5)ccn4)cc3)nc([C@@H]3CCCN(C(=O)C4CC4)C3)n12. The number of hydrogen-bond donors (Lipinski definition) is 2. The van der Waals surface area contributed by atoms with Crippen LogP contribution in [0.1, 0.15) is 66.3 Å². The lowest BCUT2D eigenvalue weighted by molar-refractivity contribution is -0.133. The number of imidazole rings is 1. The highest BCUT2D eigenvalue weighted by Crippen LogP contribution is 2.37. The molecule has 4 heterocycles. The number of pyridine rings is 1. The number of hydrogen-bond acceptors (Lipinski definition) is 7. The minimum Gasteiger partial charge on any atom is -0.490 e. The standard InChI is InChI=1S/C31H33N7O3/c1-18-16-34-28(32)27-26(36-29(38(18)27)22-3-2-14-37(17-22)31(40)21-8-9-21)19-4-6-20(7-5-19)30(39)35-25-15-24(12-13-33-25)41-23-10-11-23/h4-7,12-13,15-16,21-23H,2-3,8-11,14,17H2,1H3,(H2,32,34)(H,33,35,39)/t22-/m1/s1. The number of aromatic nitrogens is 4. The molecular formula is C31H33N7O3. The average Bonchev–Trinajstić information content (AvgIpc) is 3.93. The van der Waals surface area contributed by atoms with Crippen LogP contribution in [-0.4, -0.2) is 55.3 Å². The van der Waals surface area contributed by atoms with Crippen LogP contribution in [0.2, 0.25) is 0 Å². The number of piperidine rings is 1. The van der Waals surface area contributed by atoms with Crippen molar-refractivity contribution in [1.82, 2.24) is 24.3 Å². The molecule has 210 valence electrons. The van der Waals surface area contributed by atoms with Gasteiger partial charge < -0.3 is 20.7 Å². The number of nitrogens with one attached hydrogen (secondary N) is 1. The van der Waals surface area contributed by atoms with E-state index in [2.05, 4.69) is 19.7 Å². The highest BCUT2D eigenvalue weighted by molar-refractivity contribution is 6.04. The molecule has 1 aromatic carbocycles. The summed E-state index contributed by atoms with van der Waals surface area (Å²) in [6.45, 7) is 3.47. The van der Waals surface area contributed by atoms with Gasteiger partial charge in [0.15, 0.2) is 0 Å². The van der Waals surface area contributed by atoms with E-state index >= 15 is 0 Å². The van der Waals surface area contributed by atoms with E-state index in [-0.39, 0.29) is 29.8 Å². The second kappa shape index (κ2) is 10.2. The molecule has 0 radical (unpaired) electrons. The quantitative estimate of drug-likeness (QED) is 0.344. The second-order valence-electron chi connectivity index (χ2n) is 11.4. The van der Waals surface area contributed by atoms with E-state index in [1.54, 1.807) is 36.7 Å². The van der Waals surface area contributed by atoms with Crippen molar-refractivity contribution in [3.8, 4) is 17.0 Å². The van der Waals surface area contributed by atoms with Gasteiger partial charge in [-0.15, -0.1) is 0 Å². The number of nitrogen functional groups attached to an aromatic ring is 1. The average molecular weight is 552 g/mol. The van der Waals surface area contributed by atoms with Crippen LogP contribution in [-0.2, 0) is 4.79 Å². The minimum absolute atomic E-state index is 0.102. The summed E-state index contributed by atoms with van der Waals surface area (Å²) in [5.41, 5.74) is 10.2. The van der Waals surface area contributed by atoms with E-state index in [0.29, 0.717) is 29.5 Å². The number of amides is 2. The van der Waals surface area contributed by atoms with Crippen molar-refractivity contribution in [3.05, 3.63) is 65.9 Å². The minimum atomic E-state index is -0.261. The molecule has 3 N–H and O–H groups in total. The van der Waals surface area contributed by atoms with Crippen molar-refractivity contribution in [1.29, 1.82) is 0 Å². The van der Waals surface area contributed by atoms with Gasteiger partial charge in [0.1, 0.15) is 34.4 Å². The summed E-state index contributed by atoms with van der Waals surface area (Å²) < 4.78 is 7.91. The summed E-state index contributed by atoms with van der Waals surface area (Å²) >= 11 is 0. The molecule has 1 atom stereocenters. The molecular weight excluding hydrogens is 518 g/mol. The number of carbonyl (C=O) groups excluding carboxylic acids is 2. The van der Waals surface area contributed by atoms with Gasteiger partial charge in [0.25, 0.3) is 5.91 Å². The van der Waals surface area contributed by atoms with Gasteiger partial charge in [-0.2, -0.15) is 0 Å². The van der Waals surface area contributed by atoms with Crippen molar-refractivity contribution in [2.75, 3.05) is 24.1 Å². The number of fused-ring (bicyclic) bond motifs is 1. The molecule has 2 amide bonds. The van der Waals surface area contributed by atoms with Crippen molar-refractivity contribution >= 4 is 29.0 Å². The van der Waals surface area contributed by atoms with E-state index < -0.39 is 0 Å². The molecule has 10 nitrogen and oxygen atoms in total. The number of likely N-dealkylation sites (tertiary alicyclic amines) is 1. The zero-order valence-corrected chi connectivity index (χ0v) is 23.0. The molecule has 4 aromatic rings. The third kappa shape index (κ3) is 5.10. The van der Waals surface area contributed by atoms with E-state index in [9.17, 15) is 9.59 Å². The first kappa shape index (κ1) is 25.5. The molecule has 2 aliphatic carbocycles. The van der Waals surface area contributed by atoms with Gasteiger partial charge in [-0.25, -0.2) is 15.0 Å². The highest BCUT2D eigenvalue weighted by Gasteiger charge is 2.37. The van der Waals surface area contributed by atoms with Gasteiger partial charge in [-0.3, -0.25) is 14.0 Å². The van der Waals surface area contributed by atoms with Crippen LogP contribution in [0.3, 0.4) is 0 Å². The Morgan fingerprint density at radius 2 is 1.85 bits per heavy atom. The van der Waals surface area contributed by atoms with Crippen molar-refractivity contribution in [3.63, 3.8) is 0 Å². The normalized spacial score (nSPS) is 18.9. The summed E-state index contributed by atoms with van der Waals surface area (Å²) in [6, 6.07) is 10.8. The van der Waals surface area contributed by atoms with Gasteiger partial charge in [-0.1, -0.05) is 12.1 Å².